The molecule has 0 saturated carbocycles. The molecule has 3 nitrogen and oxygen atoms in total. The SMILES string of the molecule is CC(C)CCCCCc1cc2ccccc2c(S(=O)(=O)O)c1CCCCCC(C)C. The fourth-order valence-corrected chi connectivity index (χ4v) is 5.29. The summed E-state index contributed by atoms with van der Waals surface area (Å²) in [6.45, 7) is 8.96. The fourth-order valence-electron chi connectivity index (χ4n) is 4.28. The Bertz CT molecular complexity index is 898. The third-order valence-corrected chi connectivity index (χ3v) is 6.87. The van der Waals surface area contributed by atoms with E-state index in [4.69, 9.17) is 0 Å². The minimum Gasteiger partial charge on any atom is -0.282 e. The summed E-state index contributed by atoms with van der Waals surface area (Å²) in [5, 5.41) is 1.53. The Morgan fingerprint density at radius 1 is 0.800 bits per heavy atom. The molecule has 0 aliphatic heterocycles. The van der Waals surface area contributed by atoms with Gasteiger partial charge in [0.1, 0.15) is 4.90 Å². The van der Waals surface area contributed by atoms with Crippen LogP contribution in [0.25, 0.3) is 10.8 Å². The van der Waals surface area contributed by atoms with Crippen molar-refractivity contribution in [3.8, 4) is 0 Å². The molecule has 0 atom stereocenters. The van der Waals surface area contributed by atoms with Crippen LogP contribution in [0.5, 0.6) is 0 Å². The molecule has 0 heterocycles. The number of benzene rings is 2. The Kier molecular flexibility index (Phi) is 9.83. The highest BCUT2D eigenvalue weighted by atomic mass is 32.2. The number of hydrogen-bond donors (Lipinski definition) is 1. The first-order valence-corrected chi connectivity index (χ1v) is 13.1. The largest absolute Gasteiger partial charge is 0.295 e. The average molecular weight is 433 g/mol. The lowest BCUT2D eigenvalue weighted by Crippen LogP contribution is -2.08. The summed E-state index contributed by atoms with van der Waals surface area (Å²) in [7, 11) is -4.29. The molecular formula is C26H40O3S. The second kappa shape index (κ2) is 11.9. The maximum atomic E-state index is 12.4. The molecule has 0 amide bonds. The highest BCUT2D eigenvalue weighted by molar-refractivity contribution is 7.86. The molecule has 0 fully saturated rings. The van der Waals surface area contributed by atoms with Crippen LogP contribution in [0.4, 0.5) is 0 Å². The van der Waals surface area contributed by atoms with Gasteiger partial charge < -0.3 is 0 Å². The van der Waals surface area contributed by atoms with E-state index < -0.39 is 10.1 Å². The van der Waals surface area contributed by atoms with Crippen LogP contribution in [0.3, 0.4) is 0 Å². The molecule has 2 rings (SSSR count). The Hall–Kier alpha value is -1.39. The van der Waals surface area contributed by atoms with Crippen molar-refractivity contribution in [1.29, 1.82) is 0 Å². The van der Waals surface area contributed by atoms with Crippen molar-refractivity contribution in [2.24, 2.45) is 11.8 Å². The normalized spacial score (nSPS) is 12.4. The zero-order valence-electron chi connectivity index (χ0n) is 19.3. The van der Waals surface area contributed by atoms with Crippen LogP contribution in [-0.4, -0.2) is 13.0 Å². The van der Waals surface area contributed by atoms with Gasteiger partial charge in [-0.2, -0.15) is 8.42 Å². The van der Waals surface area contributed by atoms with Gasteiger partial charge in [-0.3, -0.25) is 4.55 Å². The number of hydrogen-bond acceptors (Lipinski definition) is 2. The van der Waals surface area contributed by atoms with Crippen molar-refractivity contribution in [2.45, 2.75) is 96.8 Å². The summed E-state index contributed by atoms with van der Waals surface area (Å²) in [6, 6.07) is 9.67. The van der Waals surface area contributed by atoms with E-state index in [0.717, 1.165) is 61.0 Å². The molecule has 0 saturated heterocycles. The Labute approximate surface area is 184 Å². The molecule has 4 heteroatoms. The maximum absolute atomic E-state index is 12.4. The summed E-state index contributed by atoms with van der Waals surface area (Å²) < 4.78 is 34.9. The second-order valence-corrected chi connectivity index (χ2v) is 10.9. The van der Waals surface area contributed by atoms with Gasteiger partial charge in [-0.25, -0.2) is 0 Å². The lowest BCUT2D eigenvalue weighted by atomic mass is 9.92. The van der Waals surface area contributed by atoms with Crippen molar-refractivity contribution < 1.29 is 13.0 Å². The van der Waals surface area contributed by atoms with Crippen molar-refractivity contribution in [1.82, 2.24) is 0 Å². The lowest BCUT2D eigenvalue weighted by Gasteiger charge is -2.17. The molecule has 0 aliphatic carbocycles. The Morgan fingerprint density at radius 3 is 1.93 bits per heavy atom. The zero-order chi connectivity index (χ0) is 22.1. The molecule has 0 aromatic heterocycles. The van der Waals surface area contributed by atoms with E-state index in [9.17, 15) is 13.0 Å². The minimum atomic E-state index is -4.29. The lowest BCUT2D eigenvalue weighted by molar-refractivity contribution is 0.482. The standard InChI is InChI=1S/C26H40O3S/c1-20(2)13-7-5-9-15-22-19-23-16-11-12-18-25(23)26(30(27,28)29)24(22)17-10-6-8-14-21(3)4/h11-12,16,18-21H,5-10,13-15,17H2,1-4H3,(H,27,28,29). The molecule has 30 heavy (non-hydrogen) atoms. The second-order valence-electron chi connectivity index (χ2n) is 9.53. The van der Waals surface area contributed by atoms with Gasteiger partial charge in [0.05, 0.1) is 0 Å². The molecule has 2 aromatic rings. The van der Waals surface area contributed by atoms with Crippen LogP contribution < -0.4 is 0 Å². The van der Waals surface area contributed by atoms with Gasteiger partial charge in [0.2, 0.25) is 0 Å². The van der Waals surface area contributed by atoms with Crippen molar-refractivity contribution in [3.05, 3.63) is 41.5 Å². The van der Waals surface area contributed by atoms with Gasteiger partial charge in [-0.15, -0.1) is 0 Å². The van der Waals surface area contributed by atoms with Crippen LogP contribution in [-0.2, 0) is 23.0 Å². The summed E-state index contributed by atoms with van der Waals surface area (Å²) in [6.07, 6.45) is 10.6. The molecule has 2 aromatic carbocycles. The van der Waals surface area contributed by atoms with E-state index in [1.807, 2.05) is 24.3 Å². The Balaban J connectivity index is 2.29. The summed E-state index contributed by atoms with van der Waals surface area (Å²) >= 11 is 0. The highest BCUT2D eigenvalue weighted by Crippen LogP contribution is 2.32. The molecule has 0 unspecified atom stereocenters. The number of fused-ring (bicyclic) bond motifs is 1. The van der Waals surface area contributed by atoms with Gasteiger partial charge in [-0.1, -0.05) is 96.6 Å². The van der Waals surface area contributed by atoms with Gasteiger partial charge in [0.25, 0.3) is 10.1 Å². The minimum absolute atomic E-state index is 0.140. The maximum Gasteiger partial charge on any atom is 0.295 e. The van der Waals surface area contributed by atoms with Gasteiger partial charge in [-0.05, 0) is 54.0 Å². The van der Waals surface area contributed by atoms with Crippen LogP contribution in [0.15, 0.2) is 35.2 Å². The monoisotopic (exact) mass is 432 g/mol. The van der Waals surface area contributed by atoms with E-state index >= 15 is 0 Å². The highest BCUT2D eigenvalue weighted by Gasteiger charge is 2.22. The number of unbranched alkanes of at least 4 members (excludes halogenated alkanes) is 4. The quantitative estimate of drug-likeness (QED) is 0.262. The first-order valence-electron chi connectivity index (χ1n) is 11.7. The third-order valence-electron chi connectivity index (χ3n) is 5.89. The van der Waals surface area contributed by atoms with E-state index in [1.165, 1.54) is 19.3 Å². The predicted molar refractivity (Wildman–Crippen MR) is 128 cm³/mol. The summed E-state index contributed by atoms with van der Waals surface area (Å²) in [5.41, 5.74) is 1.93. The van der Waals surface area contributed by atoms with E-state index in [2.05, 4.69) is 33.8 Å². The summed E-state index contributed by atoms with van der Waals surface area (Å²) in [4.78, 5) is 0.140. The van der Waals surface area contributed by atoms with E-state index in [-0.39, 0.29) is 4.90 Å². The third kappa shape index (κ3) is 7.70. The van der Waals surface area contributed by atoms with E-state index in [0.29, 0.717) is 17.7 Å². The van der Waals surface area contributed by atoms with Crippen molar-refractivity contribution in [3.63, 3.8) is 0 Å². The van der Waals surface area contributed by atoms with Gasteiger partial charge in [0, 0.05) is 5.39 Å². The first kappa shape index (κ1) is 24.9. The van der Waals surface area contributed by atoms with Crippen molar-refractivity contribution >= 4 is 20.9 Å². The smallest absolute Gasteiger partial charge is 0.282 e. The van der Waals surface area contributed by atoms with Gasteiger partial charge >= 0.3 is 0 Å². The van der Waals surface area contributed by atoms with Crippen LogP contribution in [0, 0.1) is 11.8 Å². The summed E-state index contributed by atoms with van der Waals surface area (Å²) in [5.74, 6) is 1.42. The van der Waals surface area contributed by atoms with Crippen molar-refractivity contribution in [2.75, 3.05) is 0 Å². The molecule has 0 bridgehead atoms. The molecule has 0 spiro atoms. The zero-order valence-corrected chi connectivity index (χ0v) is 20.1. The first-order chi connectivity index (χ1) is 14.2. The van der Waals surface area contributed by atoms with Crippen LogP contribution >= 0.6 is 0 Å². The van der Waals surface area contributed by atoms with Crippen LogP contribution in [0.1, 0.15) is 90.2 Å². The fraction of sp³-hybridized carbons (Fsp3) is 0.615. The molecular weight excluding hydrogens is 392 g/mol. The van der Waals surface area contributed by atoms with Crippen LogP contribution in [0.2, 0.25) is 0 Å². The Morgan fingerprint density at radius 2 is 1.37 bits per heavy atom. The average Bonchev–Trinajstić information content (AvgIpc) is 2.65. The number of rotatable bonds is 13. The topological polar surface area (TPSA) is 54.4 Å². The molecule has 168 valence electrons. The molecule has 0 aliphatic rings. The number of aryl methyl sites for hydroxylation is 1. The molecule has 1 N–H and O–H groups in total. The predicted octanol–water partition coefficient (Wildman–Crippen LogP) is 7.60. The molecule has 0 radical (unpaired) electrons. The van der Waals surface area contributed by atoms with Gasteiger partial charge in [0.15, 0.2) is 0 Å². The van der Waals surface area contributed by atoms with E-state index in [1.54, 1.807) is 0 Å².